The normalized spacial score (nSPS) is 15.1. The van der Waals surface area contributed by atoms with E-state index in [1.54, 1.807) is 0 Å². The van der Waals surface area contributed by atoms with Gasteiger partial charge < -0.3 is 10.2 Å². The van der Waals surface area contributed by atoms with Gasteiger partial charge in [-0.25, -0.2) is 4.68 Å². The molecule has 1 amide bonds. The fourth-order valence-corrected chi connectivity index (χ4v) is 3.47. The zero-order chi connectivity index (χ0) is 18.1. The third kappa shape index (κ3) is 3.79. The number of rotatable bonds is 5. The Labute approximate surface area is 162 Å². The minimum atomic E-state index is 0. The van der Waals surface area contributed by atoms with Gasteiger partial charge in [0, 0.05) is 30.8 Å². The van der Waals surface area contributed by atoms with E-state index >= 15 is 0 Å². The van der Waals surface area contributed by atoms with Crippen molar-refractivity contribution in [3.63, 3.8) is 0 Å². The smallest absolute Gasteiger partial charge is 0.225 e. The third-order valence-corrected chi connectivity index (χ3v) is 5.47. The number of para-hydroxylation sites is 1. The number of aromatic nitrogens is 2. The number of hydrogen-bond acceptors (Lipinski definition) is 3. The van der Waals surface area contributed by atoms with Gasteiger partial charge in [-0.2, -0.15) is 5.10 Å². The highest BCUT2D eigenvalue weighted by Gasteiger charge is 2.31. The van der Waals surface area contributed by atoms with Crippen LogP contribution in [0.2, 0.25) is 0 Å². The van der Waals surface area contributed by atoms with Crippen molar-refractivity contribution in [3.8, 4) is 5.69 Å². The van der Waals surface area contributed by atoms with E-state index in [1.165, 1.54) is 5.56 Å². The standard InChI is InChI=1S/C20H28N4O.ClH/c1-13-8-6-7-9-19(13)24-16(4)18(15(3)22-24)12-23(5)20(25)14(2)17-10-21-11-17;/h6-9,14,17,21H,10-12H2,1-5H3;1H. The highest BCUT2D eigenvalue weighted by Crippen LogP contribution is 2.23. The number of nitrogens with one attached hydrogen (secondary N) is 1. The van der Waals surface area contributed by atoms with Crippen molar-refractivity contribution >= 4 is 18.3 Å². The predicted octanol–water partition coefficient (Wildman–Crippen LogP) is 3.03. The molecule has 0 saturated carbocycles. The number of carbonyl (C=O) groups excluding carboxylic acids is 1. The van der Waals surface area contributed by atoms with Gasteiger partial charge in [-0.05, 0) is 51.4 Å². The molecule has 2 heterocycles. The molecular weight excluding hydrogens is 348 g/mol. The van der Waals surface area contributed by atoms with Gasteiger partial charge in [0.2, 0.25) is 5.91 Å². The van der Waals surface area contributed by atoms with Crippen molar-refractivity contribution in [2.75, 3.05) is 20.1 Å². The molecule has 3 rings (SSSR count). The average molecular weight is 377 g/mol. The Morgan fingerprint density at radius 2 is 1.96 bits per heavy atom. The SMILES string of the molecule is Cc1ccccc1-n1nc(C)c(CN(C)C(=O)C(C)C2CNC2)c1C.Cl. The summed E-state index contributed by atoms with van der Waals surface area (Å²) >= 11 is 0. The second kappa shape index (κ2) is 8.23. The predicted molar refractivity (Wildman–Crippen MR) is 107 cm³/mol. The maximum Gasteiger partial charge on any atom is 0.225 e. The lowest BCUT2D eigenvalue weighted by atomic mass is 9.88. The lowest BCUT2D eigenvalue weighted by Crippen LogP contribution is -2.49. The Bertz CT molecular complexity index is 782. The van der Waals surface area contributed by atoms with Crippen molar-refractivity contribution in [1.82, 2.24) is 20.0 Å². The van der Waals surface area contributed by atoms with Gasteiger partial charge in [-0.1, -0.05) is 25.1 Å². The summed E-state index contributed by atoms with van der Waals surface area (Å²) in [5.74, 6) is 0.749. The minimum absolute atomic E-state index is 0. The van der Waals surface area contributed by atoms with Gasteiger partial charge in [0.1, 0.15) is 0 Å². The Kier molecular flexibility index (Phi) is 6.48. The average Bonchev–Trinajstić information content (AvgIpc) is 2.81. The van der Waals surface area contributed by atoms with E-state index in [9.17, 15) is 4.79 Å². The van der Waals surface area contributed by atoms with Crippen LogP contribution in [-0.4, -0.2) is 40.7 Å². The second-order valence-corrected chi connectivity index (χ2v) is 7.25. The molecule has 6 heteroatoms. The summed E-state index contributed by atoms with van der Waals surface area (Å²) in [6, 6.07) is 8.24. The van der Waals surface area contributed by atoms with Crippen LogP contribution in [0.3, 0.4) is 0 Å². The molecule has 0 radical (unpaired) electrons. The molecule has 0 bridgehead atoms. The van der Waals surface area contributed by atoms with Crippen LogP contribution in [0, 0.1) is 32.6 Å². The lowest BCUT2D eigenvalue weighted by molar-refractivity contribution is -0.136. The van der Waals surface area contributed by atoms with Gasteiger partial charge in [0.15, 0.2) is 0 Å². The fourth-order valence-electron chi connectivity index (χ4n) is 3.47. The zero-order valence-corrected chi connectivity index (χ0v) is 17.1. The van der Waals surface area contributed by atoms with Crippen LogP contribution >= 0.6 is 12.4 Å². The van der Waals surface area contributed by atoms with Gasteiger partial charge >= 0.3 is 0 Å². The van der Waals surface area contributed by atoms with Crippen LogP contribution in [-0.2, 0) is 11.3 Å². The topological polar surface area (TPSA) is 50.2 Å². The molecule has 5 nitrogen and oxygen atoms in total. The molecule has 0 spiro atoms. The summed E-state index contributed by atoms with van der Waals surface area (Å²) in [4.78, 5) is 14.6. The molecule has 0 aliphatic carbocycles. The highest BCUT2D eigenvalue weighted by molar-refractivity contribution is 5.85. The molecule has 142 valence electrons. The number of hydrogen-bond donors (Lipinski definition) is 1. The van der Waals surface area contributed by atoms with E-state index in [2.05, 4.69) is 31.3 Å². The molecule has 1 aliphatic heterocycles. The van der Waals surface area contributed by atoms with Crippen molar-refractivity contribution in [2.45, 2.75) is 34.2 Å². The summed E-state index contributed by atoms with van der Waals surface area (Å²) in [6.45, 7) is 10.7. The largest absolute Gasteiger partial charge is 0.341 e. The Balaban J connectivity index is 0.00000243. The summed E-state index contributed by atoms with van der Waals surface area (Å²) < 4.78 is 2.00. The van der Waals surface area contributed by atoms with Crippen molar-refractivity contribution < 1.29 is 4.79 Å². The molecule has 1 atom stereocenters. The number of aryl methyl sites for hydroxylation is 2. The van der Waals surface area contributed by atoms with Gasteiger partial charge in [0.05, 0.1) is 11.4 Å². The summed E-state index contributed by atoms with van der Waals surface area (Å²) in [7, 11) is 1.90. The van der Waals surface area contributed by atoms with Crippen LogP contribution in [0.1, 0.15) is 29.4 Å². The van der Waals surface area contributed by atoms with E-state index in [4.69, 9.17) is 5.10 Å². The first kappa shape index (κ1) is 20.5. The van der Waals surface area contributed by atoms with Gasteiger partial charge in [-0.3, -0.25) is 4.79 Å². The van der Waals surface area contributed by atoms with Crippen molar-refractivity contribution in [3.05, 3.63) is 46.8 Å². The molecule has 1 aliphatic rings. The molecular formula is C20H29ClN4O. The van der Waals surface area contributed by atoms with Crippen LogP contribution < -0.4 is 5.32 Å². The monoisotopic (exact) mass is 376 g/mol. The molecule has 2 aromatic rings. The number of halogens is 1. The van der Waals surface area contributed by atoms with Gasteiger partial charge in [0.25, 0.3) is 0 Å². The zero-order valence-electron chi connectivity index (χ0n) is 16.2. The first-order chi connectivity index (χ1) is 11.9. The second-order valence-electron chi connectivity index (χ2n) is 7.25. The molecule has 1 fully saturated rings. The maximum absolute atomic E-state index is 12.7. The Hall–Kier alpha value is -1.85. The van der Waals surface area contributed by atoms with Crippen LogP contribution in [0.5, 0.6) is 0 Å². The van der Waals surface area contributed by atoms with E-state index in [0.717, 1.165) is 35.7 Å². The summed E-state index contributed by atoms with van der Waals surface area (Å²) in [5, 5.41) is 7.98. The molecule has 1 aromatic heterocycles. The number of amides is 1. The van der Waals surface area contributed by atoms with E-state index in [0.29, 0.717) is 12.5 Å². The third-order valence-electron chi connectivity index (χ3n) is 5.47. The molecule has 1 N–H and O–H groups in total. The number of carbonyl (C=O) groups is 1. The lowest BCUT2D eigenvalue weighted by Gasteiger charge is -2.34. The summed E-state index contributed by atoms with van der Waals surface area (Å²) in [6.07, 6.45) is 0. The maximum atomic E-state index is 12.7. The first-order valence-corrected chi connectivity index (χ1v) is 8.97. The van der Waals surface area contributed by atoms with Crippen LogP contribution in [0.15, 0.2) is 24.3 Å². The minimum Gasteiger partial charge on any atom is -0.341 e. The molecule has 1 aromatic carbocycles. The van der Waals surface area contributed by atoms with Crippen molar-refractivity contribution in [1.29, 1.82) is 0 Å². The quantitative estimate of drug-likeness (QED) is 0.872. The van der Waals surface area contributed by atoms with E-state index in [1.807, 2.05) is 42.6 Å². The van der Waals surface area contributed by atoms with E-state index in [-0.39, 0.29) is 24.2 Å². The molecule has 26 heavy (non-hydrogen) atoms. The van der Waals surface area contributed by atoms with Crippen molar-refractivity contribution in [2.24, 2.45) is 11.8 Å². The van der Waals surface area contributed by atoms with E-state index < -0.39 is 0 Å². The van der Waals surface area contributed by atoms with Crippen LogP contribution in [0.25, 0.3) is 5.69 Å². The Morgan fingerprint density at radius 1 is 1.31 bits per heavy atom. The summed E-state index contributed by atoms with van der Waals surface area (Å²) in [5.41, 5.74) is 5.51. The fraction of sp³-hybridized carbons (Fsp3) is 0.500. The van der Waals surface area contributed by atoms with Gasteiger partial charge in [-0.15, -0.1) is 12.4 Å². The highest BCUT2D eigenvalue weighted by atomic mass is 35.5. The molecule has 1 unspecified atom stereocenters. The number of nitrogens with zero attached hydrogens (tertiary/aromatic N) is 3. The molecule has 1 saturated heterocycles. The Morgan fingerprint density at radius 3 is 2.54 bits per heavy atom. The first-order valence-electron chi connectivity index (χ1n) is 8.97. The van der Waals surface area contributed by atoms with Crippen LogP contribution in [0.4, 0.5) is 0 Å². The number of benzene rings is 1.